The van der Waals surface area contributed by atoms with E-state index in [0.717, 1.165) is 6.20 Å². The predicted octanol–water partition coefficient (Wildman–Crippen LogP) is 1.08. The fraction of sp³-hybridized carbons (Fsp3) is 0.250. The second-order valence-electron chi connectivity index (χ2n) is 3.69. The van der Waals surface area contributed by atoms with Gasteiger partial charge in [0.25, 0.3) is 0 Å². The van der Waals surface area contributed by atoms with Gasteiger partial charge in [-0.05, 0) is 12.1 Å². The molecule has 0 aliphatic rings. The summed E-state index contributed by atoms with van der Waals surface area (Å²) in [6.07, 6.45) is 2.53. The summed E-state index contributed by atoms with van der Waals surface area (Å²) >= 11 is 0. The van der Waals surface area contributed by atoms with Gasteiger partial charge in [-0.15, -0.1) is 0 Å². The number of ether oxygens (including phenoxy) is 2. The van der Waals surface area contributed by atoms with E-state index in [4.69, 9.17) is 15.2 Å². The van der Waals surface area contributed by atoms with E-state index in [1.807, 2.05) is 0 Å². The Morgan fingerprint density at radius 2 is 1.95 bits per heavy atom. The molecule has 0 aliphatic heterocycles. The molecule has 0 saturated carbocycles. The molecule has 2 N–H and O–H groups in total. The van der Waals surface area contributed by atoms with Crippen molar-refractivity contribution in [3.05, 3.63) is 41.7 Å². The summed E-state index contributed by atoms with van der Waals surface area (Å²) in [7, 11) is 2.93. The van der Waals surface area contributed by atoms with Crippen molar-refractivity contribution in [3.8, 4) is 11.8 Å². The third-order valence-corrected chi connectivity index (χ3v) is 2.51. The molecule has 0 aromatic carbocycles. The molecule has 0 aliphatic carbocycles. The summed E-state index contributed by atoms with van der Waals surface area (Å²) in [6, 6.07) is 2.12. The molecule has 0 amide bonds. The molecule has 100 valence electrons. The zero-order valence-electron chi connectivity index (χ0n) is 10.5. The van der Waals surface area contributed by atoms with Gasteiger partial charge in [0.15, 0.2) is 0 Å². The van der Waals surface area contributed by atoms with Gasteiger partial charge in [-0.25, -0.2) is 9.37 Å². The molecule has 7 heteroatoms. The van der Waals surface area contributed by atoms with Gasteiger partial charge >= 0.3 is 0 Å². The minimum atomic E-state index is -0.658. The number of methoxy groups -OCH3 is 2. The number of hydrogen-bond donors (Lipinski definition) is 1. The average molecular weight is 264 g/mol. The van der Waals surface area contributed by atoms with Crippen molar-refractivity contribution < 1.29 is 13.9 Å². The number of rotatable bonds is 4. The van der Waals surface area contributed by atoms with E-state index in [2.05, 4.69) is 15.0 Å². The zero-order valence-corrected chi connectivity index (χ0v) is 10.5. The van der Waals surface area contributed by atoms with Crippen LogP contribution in [0.3, 0.4) is 0 Å². The van der Waals surface area contributed by atoms with E-state index in [-0.39, 0.29) is 5.88 Å². The third-order valence-electron chi connectivity index (χ3n) is 2.51. The maximum atomic E-state index is 12.8. The lowest BCUT2D eigenvalue weighted by atomic mass is 10.1. The third kappa shape index (κ3) is 2.76. The SMILES string of the molecule is COc1cnc(C(N)c2ccc(F)cn2)c(OC)n1. The highest BCUT2D eigenvalue weighted by Crippen LogP contribution is 2.25. The smallest absolute Gasteiger partial charge is 0.240 e. The van der Waals surface area contributed by atoms with Crippen molar-refractivity contribution in [2.24, 2.45) is 5.73 Å². The second kappa shape index (κ2) is 5.57. The molecular formula is C12H13FN4O2. The molecule has 0 spiro atoms. The minimum Gasteiger partial charge on any atom is -0.480 e. The van der Waals surface area contributed by atoms with Crippen LogP contribution >= 0.6 is 0 Å². The minimum absolute atomic E-state index is 0.248. The second-order valence-corrected chi connectivity index (χ2v) is 3.69. The maximum Gasteiger partial charge on any atom is 0.240 e. The molecule has 1 atom stereocenters. The molecule has 2 heterocycles. The van der Waals surface area contributed by atoms with Gasteiger partial charge in [-0.3, -0.25) is 4.98 Å². The van der Waals surface area contributed by atoms with Crippen molar-refractivity contribution >= 4 is 0 Å². The summed E-state index contributed by atoms with van der Waals surface area (Å²) in [5, 5.41) is 0. The molecule has 2 aromatic rings. The highest BCUT2D eigenvalue weighted by Gasteiger charge is 2.19. The first-order chi connectivity index (χ1) is 9.15. The van der Waals surface area contributed by atoms with Crippen molar-refractivity contribution in [2.75, 3.05) is 14.2 Å². The lowest BCUT2D eigenvalue weighted by Crippen LogP contribution is -2.17. The van der Waals surface area contributed by atoms with E-state index < -0.39 is 11.9 Å². The van der Waals surface area contributed by atoms with Crippen molar-refractivity contribution in [1.29, 1.82) is 0 Å². The molecule has 1 unspecified atom stereocenters. The van der Waals surface area contributed by atoms with E-state index in [1.165, 1.54) is 32.5 Å². The Hall–Kier alpha value is -2.28. The summed E-state index contributed by atoms with van der Waals surface area (Å²) < 4.78 is 22.9. The molecule has 2 rings (SSSR count). The van der Waals surface area contributed by atoms with Crippen LogP contribution in [0.4, 0.5) is 4.39 Å². The highest BCUT2D eigenvalue weighted by molar-refractivity contribution is 5.31. The Labute approximate surface area is 109 Å². The molecule has 0 bridgehead atoms. The van der Waals surface area contributed by atoms with Crippen molar-refractivity contribution in [2.45, 2.75) is 6.04 Å². The summed E-state index contributed by atoms with van der Waals surface area (Å²) in [4.78, 5) is 12.2. The van der Waals surface area contributed by atoms with Gasteiger partial charge in [-0.2, -0.15) is 4.98 Å². The van der Waals surface area contributed by atoms with E-state index >= 15 is 0 Å². The van der Waals surface area contributed by atoms with Crippen LogP contribution in [-0.2, 0) is 0 Å². The Morgan fingerprint density at radius 1 is 1.16 bits per heavy atom. The first kappa shape index (κ1) is 13.2. The molecule has 0 saturated heterocycles. The lowest BCUT2D eigenvalue weighted by Gasteiger charge is -2.13. The van der Waals surface area contributed by atoms with Crippen LogP contribution in [0.2, 0.25) is 0 Å². The molecule has 2 aromatic heterocycles. The van der Waals surface area contributed by atoms with Crippen molar-refractivity contribution in [1.82, 2.24) is 15.0 Å². The van der Waals surface area contributed by atoms with Crippen LogP contribution in [0, 0.1) is 5.82 Å². The van der Waals surface area contributed by atoms with Crippen molar-refractivity contribution in [3.63, 3.8) is 0 Å². The maximum absolute atomic E-state index is 12.8. The summed E-state index contributed by atoms with van der Waals surface area (Å²) in [5.74, 6) is 0.140. The predicted molar refractivity (Wildman–Crippen MR) is 65.4 cm³/mol. The average Bonchev–Trinajstić information content (AvgIpc) is 2.46. The van der Waals surface area contributed by atoms with Crippen LogP contribution in [0.15, 0.2) is 24.5 Å². The van der Waals surface area contributed by atoms with Gasteiger partial charge in [0.05, 0.1) is 38.3 Å². The Kier molecular flexibility index (Phi) is 3.86. The first-order valence-corrected chi connectivity index (χ1v) is 5.47. The quantitative estimate of drug-likeness (QED) is 0.889. The molecule has 0 fully saturated rings. The van der Waals surface area contributed by atoms with Crippen LogP contribution in [0.1, 0.15) is 17.4 Å². The fourth-order valence-electron chi connectivity index (χ4n) is 1.54. The number of hydrogen-bond acceptors (Lipinski definition) is 6. The number of aromatic nitrogens is 3. The van der Waals surface area contributed by atoms with Gasteiger partial charge in [0, 0.05) is 0 Å². The van der Waals surface area contributed by atoms with Crippen LogP contribution in [0.5, 0.6) is 11.8 Å². The number of pyridine rings is 1. The van der Waals surface area contributed by atoms with Crippen LogP contribution in [-0.4, -0.2) is 29.2 Å². The molecule has 19 heavy (non-hydrogen) atoms. The van der Waals surface area contributed by atoms with Gasteiger partial charge in [0.2, 0.25) is 11.8 Å². The summed E-state index contributed by atoms with van der Waals surface area (Å²) in [6.45, 7) is 0. The van der Waals surface area contributed by atoms with Crippen LogP contribution in [0.25, 0.3) is 0 Å². The normalized spacial score (nSPS) is 12.0. The largest absolute Gasteiger partial charge is 0.480 e. The van der Waals surface area contributed by atoms with Gasteiger partial charge in [-0.1, -0.05) is 0 Å². The lowest BCUT2D eigenvalue weighted by molar-refractivity contribution is 0.355. The first-order valence-electron chi connectivity index (χ1n) is 5.47. The number of halogens is 1. The molecular weight excluding hydrogens is 251 g/mol. The van der Waals surface area contributed by atoms with Gasteiger partial charge in [0.1, 0.15) is 11.5 Å². The topological polar surface area (TPSA) is 83.2 Å². The Balaban J connectivity index is 2.37. The zero-order chi connectivity index (χ0) is 13.8. The molecule has 6 nitrogen and oxygen atoms in total. The van der Waals surface area contributed by atoms with E-state index in [9.17, 15) is 4.39 Å². The standard InChI is InChI=1S/C12H13FN4O2/c1-18-9-6-16-11(12(17-9)19-2)10(14)8-4-3-7(13)5-15-8/h3-6,10H,14H2,1-2H3. The summed E-state index contributed by atoms with van der Waals surface area (Å²) in [5.41, 5.74) is 6.90. The monoisotopic (exact) mass is 264 g/mol. The molecule has 0 radical (unpaired) electrons. The van der Waals surface area contributed by atoms with E-state index in [1.54, 1.807) is 0 Å². The number of nitrogens with zero attached hydrogens (tertiary/aromatic N) is 3. The highest BCUT2D eigenvalue weighted by atomic mass is 19.1. The number of nitrogens with two attached hydrogens (primary N) is 1. The fourth-order valence-corrected chi connectivity index (χ4v) is 1.54. The Morgan fingerprint density at radius 3 is 2.53 bits per heavy atom. The van der Waals surface area contributed by atoms with E-state index in [0.29, 0.717) is 17.3 Å². The van der Waals surface area contributed by atoms with Crippen LogP contribution < -0.4 is 15.2 Å². The Bertz CT molecular complexity index is 562. The van der Waals surface area contributed by atoms with Gasteiger partial charge < -0.3 is 15.2 Å².